The maximum Gasteiger partial charge on any atom is 0.247 e. The van der Waals surface area contributed by atoms with E-state index in [1.807, 2.05) is 37.3 Å². The highest BCUT2D eigenvalue weighted by Gasteiger charge is 2.40. The Balaban J connectivity index is 1.69. The molecule has 2 aromatic rings. The number of carbonyl (C=O) groups excluding carboxylic acids is 2. The lowest BCUT2D eigenvalue weighted by Crippen LogP contribution is -2.31. The molecule has 8 heteroatoms. The van der Waals surface area contributed by atoms with Crippen molar-refractivity contribution in [1.82, 2.24) is 0 Å². The molecule has 3 rings (SSSR count). The summed E-state index contributed by atoms with van der Waals surface area (Å²) in [5, 5.41) is 7.65. The predicted octanol–water partition coefficient (Wildman–Crippen LogP) is 3.55. The van der Waals surface area contributed by atoms with Crippen molar-refractivity contribution < 1.29 is 9.59 Å². The number of hydrogen-bond acceptors (Lipinski definition) is 5. The lowest BCUT2D eigenvalue weighted by atomic mass is 10.1. The molecular formula is C19H17BrN4O2S. The molecule has 1 fully saturated rings. The average molecular weight is 445 g/mol. The lowest BCUT2D eigenvalue weighted by Gasteiger charge is -2.14. The van der Waals surface area contributed by atoms with Crippen LogP contribution in [0.5, 0.6) is 0 Å². The number of nitrogens with two attached hydrogens (primary N) is 1. The molecule has 1 unspecified atom stereocenters. The van der Waals surface area contributed by atoms with Crippen molar-refractivity contribution in [1.29, 1.82) is 0 Å². The van der Waals surface area contributed by atoms with E-state index in [0.29, 0.717) is 11.4 Å². The van der Waals surface area contributed by atoms with Crippen molar-refractivity contribution in [3.8, 4) is 0 Å². The molecule has 2 N–H and O–H groups in total. The molecule has 138 valence electrons. The van der Waals surface area contributed by atoms with Gasteiger partial charge >= 0.3 is 0 Å². The van der Waals surface area contributed by atoms with Crippen LogP contribution in [-0.4, -0.2) is 27.9 Å². The van der Waals surface area contributed by atoms with Crippen molar-refractivity contribution >= 4 is 56.1 Å². The van der Waals surface area contributed by atoms with Crippen LogP contribution in [0.25, 0.3) is 0 Å². The van der Waals surface area contributed by atoms with Gasteiger partial charge < -0.3 is 5.73 Å². The van der Waals surface area contributed by atoms with Crippen LogP contribution in [-0.2, 0) is 9.59 Å². The van der Waals surface area contributed by atoms with Gasteiger partial charge in [0.1, 0.15) is 5.25 Å². The minimum atomic E-state index is -0.600. The quantitative estimate of drug-likeness (QED) is 0.338. The molecule has 1 heterocycles. The summed E-state index contributed by atoms with van der Waals surface area (Å²) < 4.78 is 0.874. The minimum Gasteiger partial charge on any atom is -0.377 e. The maximum absolute atomic E-state index is 12.6. The van der Waals surface area contributed by atoms with Crippen molar-refractivity contribution in [2.75, 3.05) is 4.90 Å². The van der Waals surface area contributed by atoms with E-state index >= 15 is 0 Å². The minimum absolute atomic E-state index is 0.0805. The highest BCUT2D eigenvalue weighted by molar-refractivity contribution is 9.10. The second-order valence-corrected chi connectivity index (χ2v) is 7.98. The second kappa shape index (κ2) is 8.49. The lowest BCUT2D eigenvalue weighted by molar-refractivity contribution is -0.121. The smallest absolute Gasteiger partial charge is 0.247 e. The van der Waals surface area contributed by atoms with E-state index < -0.39 is 5.25 Å². The van der Waals surface area contributed by atoms with Gasteiger partial charge in [-0.1, -0.05) is 58.0 Å². The van der Waals surface area contributed by atoms with E-state index in [1.165, 1.54) is 4.90 Å². The first-order valence-corrected chi connectivity index (χ1v) is 9.85. The molecule has 0 spiro atoms. The third-order valence-electron chi connectivity index (χ3n) is 3.94. The molecular weight excluding hydrogens is 428 g/mol. The summed E-state index contributed by atoms with van der Waals surface area (Å²) in [6, 6.07) is 16.6. The van der Waals surface area contributed by atoms with Gasteiger partial charge in [-0.15, -0.1) is 5.10 Å². The number of benzene rings is 2. The Morgan fingerprint density at radius 1 is 1.11 bits per heavy atom. The fraction of sp³-hybridized carbons (Fsp3) is 0.158. The maximum atomic E-state index is 12.6. The van der Waals surface area contributed by atoms with Crippen molar-refractivity contribution in [3.05, 3.63) is 64.6 Å². The van der Waals surface area contributed by atoms with Crippen LogP contribution in [0.3, 0.4) is 0 Å². The molecule has 1 atom stereocenters. The van der Waals surface area contributed by atoms with Crippen LogP contribution in [0.2, 0.25) is 0 Å². The SMILES string of the molecule is C/C(=N\N=C(/N)SC1CC(=O)N(c2ccc(Br)cc2)C1=O)c1ccccc1. The highest BCUT2D eigenvalue weighted by atomic mass is 79.9. The van der Waals surface area contributed by atoms with Gasteiger partial charge in [-0.25, -0.2) is 4.90 Å². The van der Waals surface area contributed by atoms with Crippen LogP contribution >= 0.6 is 27.7 Å². The molecule has 6 nitrogen and oxygen atoms in total. The third kappa shape index (κ3) is 4.64. The van der Waals surface area contributed by atoms with Gasteiger partial charge in [0.05, 0.1) is 11.4 Å². The van der Waals surface area contributed by atoms with Crippen LogP contribution in [0.1, 0.15) is 18.9 Å². The molecule has 0 radical (unpaired) electrons. The Kier molecular flexibility index (Phi) is 6.08. The Morgan fingerprint density at radius 2 is 1.78 bits per heavy atom. The van der Waals surface area contributed by atoms with E-state index in [0.717, 1.165) is 21.8 Å². The average Bonchev–Trinajstić information content (AvgIpc) is 2.94. The van der Waals surface area contributed by atoms with E-state index in [-0.39, 0.29) is 23.4 Å². The van der Waals surface area contributed by atoms with Gasteiger partial charge in [0.15, 0.2) is 5.17 Å². The number of nitrogens with zero attached hydrogens (tertiary/aromatic N) is 3. The van der Waals surface area contributed by atoms with Crippen molar-refractivity contribution in [3.63, 3.8) is 0 Å². The molecule has 1 aliphatic rings. The number of halogens is 1. The van der Waals surface area contributed by atoms with Gasteiger partial charge in [-0.3, -0.25) is 9.59 Å². The Morgan fingerprint density at radius 3 is 2.44 bits per heavy atom. The first kappa shape index (κ1) is 19.3. The summed E-state index contributed by atoms with van der Waals surface area (Å²) >= 11 is 4.39. The van der Waals surface area contributed by atoms with E-state index in [1.54, 1.807) is 24.3 Å². The number of hydrogen-bond donors (Lipinski definition) is 1. The second-order valence-electron chi connectivity index (χ2n) is 5.84. The van der Waals surface area contributed by atoms with Crippen LogP contribution < -0.4 is 10.6 Å². The van der Waals surface area contributed by atoms with Gasteiger partial charge in [0, 0.05) is 10.9 Å². The van der Waals surface area contributed by atoms with Crippen molar-refractivity contribution in [2.24, 2.45) is 15.9 Å². The largest absolute Gasteiger partial charge is 0.377 e. The van der Waals surface area contributed by atoms with Crippen LogP contribution in [0.15, 0.2) is 69.3 Å². The van der Waals surface area contributed by atoms with E-state index in [2.05, 4.69) is 26.1 Å². The molecule has 1 saturated heterocycles. The number of amides is 2. The zero-order chi connectivity index (χ0) is 19.4. The Labute approximate surface area is 169 Å². The molecule has 0 bridgehead atoms. The highest BCUT2D eigenvalue weighted by Crippen LogP contribution is 2.30. The molecule has 0 aliphatic carbocycles. The number of rotatable bonds is 4. The molecule has 2 aromatic carbocycles. The summed E-state index contributed by atoms with van der Waals surface area (Å²) in [7, 11) is 0. The zero-order valence-electron chi connectivity index (χ0n) is 14.5. The third-order valence-corrected chi connectivity index (χ3v) is 5.45. The fourth-order valence-corrected chi connectivity index (χ4v) is 3.66. The summed E-state index contributed by atoms with van der Waals surface area (Å²) in [6.45, 7) is 1.83. The first-order valence-electron chi connectivity index (χ1n) is 8.18. The Hall–Kier alpha value is -2.45. The summed E-state index contributed by atoms with van der Waals surface area (Å²) in [5.41, 5.74) is 8.11. The fourth-order valence-electron chi connectivity index (χ4n) is 2.59. The molecule has 0 aromatic heterocycles. The van der Waals surface area contributed by atoms with Gasteiger partial charge in [0.2, 0.25) is 11.8 Å². The topological polar surface area (TPSA) is 88.1 Å². The van der Waals surface area contributed by atoms with Crippen molar-refractivity contribution in [2.45, 2.75) is 18.6 Å². The summed E-state index contributed by atoms with van der Waals surface area (Å²) in [6.07, 6.45) is 0.0805. The van der Waals surface area contributed by atoms with Gasteiger partial charge in [-0.2, -0.15) is 5.10 Å². The van der Waals surface area contributed by atoms with E-state index in [4.69, 9.17) is 5.73 Å². The first-order chi connectivity index (χ1) is 13.0. The standard InChI is InChI=1S/C19H17BrN4O2S/c1-12(13-5-3-2-4-6-13)22-23-19(21)27-16-11-17(25)24(18(16)26)15-9-7-14(20)8-10-15/h2-10,16H,11H2,1H3,(H2,21,23)/b22-12+. The van der Waals surface area contributed by atoms with E-state index in [9.17, 15) is 9.59 Å². The monoisotopic (exact) mass is 444 g/mol. The molecule has 27 heavy (non-hydrogen) atoms. The normalized spacial score (nSPS) is 18.3. The molecule has 1 aliphatic heterocycles. The van der Waals surface area contributed by atoms with Gasteiger partial charge in [-0.05, 0) is 36.8 Å². The Bertz CT molecular complexity index is 913. The van der Waals surface area contributed by atoms with Crippen LogP contribution in [0.4, 0.5) is 5.69 Å². The number of carbonyl (C=O) groups is 2. The van der Waals surface area contributed by atoms with Crippen LogP contribution in [0, 0.1) is 0 Å². The number of thioether (sulfide) groups is 1. The number of anilines is 1. The molecule has 2 amide bonds. The molecule has 0 saturated carbocycles. The number of amidine groups is 1. The van der Waals surface area contributed by atoms with Gasteiger partial charge in [0.25, 0.3) is 0 Å². The summed E-state index contributed by atoms with van der Waals surface area (Å²) in [4.78, 5) is 26.1. The summed E-state index contributed by atoms with van der Waals surface area (Å²) in [5.74, 6) is -0.550. The zero-order valence-corrected chi connectivity index (χ0v) is 16.9. The predicted molar refractivity (Wildman–Crippen MR) is 113 cm³/mol. The number of imide groups is 1.